The summed E-state index contributed by atoms with van der Waals surface area (Å²) in [7, 11) is 1.42. The topological polar surface area (TPSA) is 52.6 Å². The first-order valence-electron chi connectivity index (χ1n) is 9.21. The van der Waals surface area contributed by atoms with Gasteiger partial charge >= 0.3 is 11.9 Å². The summed E-state index contributed by atoms with van der Waals surface area (Å²) in [4.78, 5) is 24.6. The van der Waals surface area contributed by atoms with Crippen molar-refractivity contribution in [3.8, 4) is 0 Å². The van der Waals surface area contributed by atoms with Gasteiger partial charge in [0.2, 0.25) is 0 Å². The number of hydrogen-bond donors (Lipinski definition) is 0. The molecule has 3 aliphatic carbocycles. The van der Waals surface area contributed by atoms with Crippen LogP contribution in [0.15, 0.2) is 24.0 Å². The molecule has 0 N–H and O–H groups in total. The molecule has 130 valence electrons. The normalized spacial score (nSPS) is 34.1. The van der Waals surface area contributed by atoms with E-state index in [0.717, 1.165) is 25.0 Å². The Bertz CT molecular complexity index is 837. The molecule has 1 saturated heterocycles. The van der Waals surface area contributed by atoms with E-state index in [1.165, 1.54) is 35.8 Å². The fourth-order valence-electron chi connectivity index (χ4n) is 5.69. The third-order valence-corrected chi connectivity index (χ3v) is 6.93. The van der Waals surface area contributed by atoms with Gasteiger partial charge in [0.25, 0.3) is 0 Å². The highest BCUT2D eigenvalue weighted by Gasteiger charge is 2.58. The van der Waals surface area contributed by atoms with E-state index in [2.05, 4.69) is 19.1 Å². The van der Waals surface area contributed by atoms with Gasteiger partial charge in [-0.05, 0) is 66.9 Å². The number of aryl methyl sites for hydroxylation is 1. The fraction of sp³-hybridized carbons (Fsp3) is 0.524. The average molecular weight is 338 g/mol. The van der Waals surface area contributed by atoms with Crippen LogP contribution in [-0.4, -0.2) is 19.0 Å². The first-order chi connectivity index (χ1) is 12.0. The van der Waals surface area contributed by atoms with Crippen molar-refractivity contribution in [2.24, 2.45) is 5.92 Å². The van der Waals surface area contributed by atoms with E-state index in [9.17, 15) is 9.59 Å². The minimum atomic E-state index is -0.372. The van der Waals surface area contributed by atoms with Crippen LogP contribution in [0.4, 0.5) is 0 Å². The Morgan fingerprint density at radius 2 is 2.16 bits per heavy atom. The largest absolute Gasteiger partial charge is 0.469 e. The number of hydrogen-bond acceptors (Lipinski definition) is 4. The molecule has 0 unspecified atom stereocenters. The molecule has 5 rings (SSSR count). The van der Waals surface area contributed by atoms with Crippen molar-refractivity contribution < 1.29 is 19.1 Å². The Balaban J connectivity index is 1.78. The van der Waals surface area contributed by atoms with Gasteiger partial charge in [-0.25, -0.2) is 0 Å². The molecule has 1 aliphatic heterocycles. The number of benzene rings is 1. The summed E-state index contributed by atoms with van der Waals surface area (Å²) in [5, 5.41) is 0. The first kappa shape index (κ1) is 15.2. The molecule has 4 nitrogen and oxygen atoms in total. The number of esters is 2. The van der Waals surface area contributed by atoms with E-state index in [0.29, 0.717) is 5.92 Å². The molecule has 0 bridgehead atoms. The molecule has 1 heterocycles. The zero-order valence-electron chi connectivity index (χ0n) is 14.6. The summed E-state index contributed by atoms with van der Waals surface area (Å²) in [6.07, 6.45) is 6.50. The number of rotatable bonds is 2. The van der Waals surface area contributed by atoms with Crippen molar-refractivity contribution in [3.05, 3.63) is 46.2 Å². The molecular weight excluding hydrogens is 316 g/mol. The molecule has 1 aromatic carbocycles. The number of carbonyl (C=O) groups is 2. The maximum Gasteiger partial charge on any atom is 0.315 e. The quantitative estimate of drug-likeness (QED) is 0.775. The highest BCUT2D eigenvalue weighted by molar-refractivity contribution is 5.83. The number of carbonyl (C=O) groups excluding carboxylic acids is 2. The van der Waals surface area contributed by atoms with Crippen molar-refractivity contribution in [3.63, 3.8) is 0 Å². The summed E-state index contributed by atoms with van der Waals surface area (Å²) >= 11 is 0. The smallest absolute Gasteiger partial charge is 0.315 e. The molecule has 1 fully saturated rings. The summed E-state index contributed by atoms with van der Waals surface area (Å²) < 4.78 is 10.6. The lowest BCUT2D eigenvalue weighted by Crippen LogP contribution is -2.35. The van der Waals surface area contributed by atoms with Gasteiger partial charge in [-0.1, -0.05) is 12.1 Å². The Labute approximate surface area is 147 Å². The van der Waals surface area contributed by atoms with Crippen molar-refractivity contribution in [1.82, 2.24) is 0 Å². The predicted octanol–water partition coefficient (Wildman–Crippen LogP) is 3.49. The van der Waals surface area contributed by atoms with E-state index < -0.39 is 0 Å². The Morgan fingerprint density at radius 1 is 1.32 bits per heavy atom. The second-order valence-corrected chi connectivity index (χ2v) is 8.01. The van der Waals surface area contributed by atoms with Crippen molar-refractivity contribution in [2.45, 2.75) is 56.3 Å². The Kier molecular flexibility index (Phi) is 3.01. The highest BCUT2D eigenvalue weighted by atomic mass is 16.5. The summed E-state index contributed by atoms with van der Waals surface area (Å²) in [5.74, 6) is 0.777. The molecule has 0 aromatic heterocycles. The minimum absolute atomic E-state index is 0.0817. The number of ether oxygens (including phenoxy) is 2. The maximum absolute atomic E-state index is 12.6. The van der Waals surface area contributed by atoms with Crippen LogP contribution in [0.5, 0.6) is 0 Å². The molecule has 0 spiro atoms. The van der Waals surface area contributed by atoms with Gasteiger partial charge < -0.3 is 9.47 Å². The van der Waals surface area contributed by atoms with Gasteiger partial charge in [0, 0.05) is 5.92 Å². The van der Waals surface area contributed by atoms with Crippen LogP contribution in [0.1, 0.15) is 66.7 Å². The van der Waals surface area contributed by atoms with Crippen LogP contribution in [0.3, 0.4) is 0 Å². The van der Waals surface area contributed by atoms with E-state index in [1.54, 1.807) is 0 Å². The molecule has 0 radical (unpaired) electrons. The molecule has 0 saturated carbocycles. The molecule has 1 aromatic rings. The lowest BCUT2D eigenvalue weighted by Gasteiger charge is -2.37. The molecular formula is C21H22O4. The van der Waals surface area contributed by atoms with Crippen LogP contribution < -0.4 is 0 Å². The van der Waals surface area contributed by atoms with Gasteiger partial charge in [-0.15, -0.1) is 0 Å². The van der Waals surface area contributed by atoms with Gasteiger partial charge in [-0.2, -0.15) is 0 Å². The second-order valence-electron chi connectivity index (χ2n) is 8.01. The maximum atomic E-state index is 12.6. The fourth-order valence-corrected chi connectivity index (χ4v) is 5.69. The van der Waals surface area contributed by atoms with Crippen LogP contribution in [0.2, 0.25) is 0 Å². The first-order valence-corrected chi connectivity index (χ1v) is 9.21. The third-order valence-electron chi connectivity index (χ3n) is 6.93. The average Bonchev–Trinajstić information content (AvgIpc) is 3.06. The van der Waals surface area contributed by atoms with E-state index in [1.807, 2.05) is 6.08 Å². The lowest BCUT2D eigenvalue weighted by atomic mass is 9.63. The number of methoxy groups -OCH3 is 1. The van der Waals surface area contributed by atoms with Crippen molar-refractivity contribution in [1.29, 1.82) is 0 Å². The Morgan fingerprint density at radius 3 is 2.96 bits per heavy atom. The number of allylic oxidation sites excluding steroid dienone is 2. The van der Waals surface area contributed by atoms with Crippen LogP contribution in [-0.2, 0) is 30.9 Å². The lowest BCUT2D eigenvalue weighted by molar-refractivity contribution is -0.141. The summed E-state index contributed by atoms with van der Waals surface area (Å²) in [6, 6.07) is 4.41. The van der Waals surface area contributed by atoms with Crippen molar-refractivity contribution >= 4 is 11.9 Å². The van der Waals surface area contributed by atoms with E-state index >= 15 is 0 Å². The van der Waals surface area contributed by atoms with Gasteiger partial charge in [0.05, 0.1) is 24.9 Å². The van der Waals surface area contributed by atoms with Gasteiger partial charge in [-0.3, -0.25) is 9.59 Å². The van der Waals surface area contributed by atoms with Crippen LogP contribution in [0, 0.1) is 5.92 Å². The van der Waals surface area contributed by atoms with Gasteiger partial charge in [0.15, 0.2) is 0 Å². The molecule has 4 heteroatoms. The second kappa shape index (κ2) is 4.96. The molecule has 0 amide bonds. The highest BCUT2D eigenvalue weighted by Crippen LogP contribution is 2.60. The van der Waals surface area contributed by atoms with Crippen LogP contribution >= 0.6 is 0 Å². The molecule has 4 atom stereocenters. The standard InChI is InChI=1S/C21H22O4/c1-21-15-8-6-12-4-3-11-5-7-14(19(21)18(11)12)13(10-17(22)24-2)9-16(21)25-20(15)23/h5,7,9,12-13,15H,3-4,6,8,10H2,1-2H3/t12-,13-,15-,21-/m1/s1. The summed E-state index contributed by atoms with van der Waals surface area (Å²) in [5.41, 5.74) is 4.97. The van der Waals surface area contributed by atoms with Crippen molar-refractivity contribution in [2.75, 3.05) is 7.11 Å². The third kappa shape index (κ3) is 1.83. The van der Waals surface area contributed by atoms with E-state index in [-0.39, 0.29) is 35.6 Å². The zero-order valence-corrected chi connectivity index (χ0v) is 14.6. The molecule has 25 heavy (non-hydrogen) atoms. The minimum Gasteiger partial charge on any atom is -0.469 e. The monoisotopic (exact) mass is 338 g/mol. The molecule has 4 aliphatic rings. The zero-order chi connectivity index (χ0) is 17.3. The predicted molar refractivity (Wildman–Crippen MR) is 91.1 cm³/mol. The van der Waals surface area contributed by atoms with Gasteiger partial charge in [0.1, 0.15) is 5.76 Å². The SMILES string of the molecule is COC(=O)C[C@H]1C=C2OC(=O)[C@H]3CC[C@H]4CCc5ccc1c(c54)[C@@]23C. The summed E-state index contributed by atoms with van der Waals surface area (Å²) in [6.45, 7) is 2.17. The van der Waals surface area contributed by atoms with E-state index in [4.69, 9.17) is 9.47 Å². The Hall–Kier alpha value is -2.10. The van der Waals surface area contributed by atoms with Crippen LogP contribution in [0.25, 0.3) is 0 Å².